The molecule has 0 saturated carbocycles. The summed E-state index contributed by atoms with van der Waals surface area (Å²) in [6, 6.07) is 4.70. The van der Waals surface area contributed by atoms with Crippen LogP contribution in [0.5, 0.6) is 0 Å². The van der Waals surface area contributed by atoms with Crippen molar-refractivity contribution in [1.29, 1.82) is 0 Å². The van der Waals surface area contributed by atoms with Gasteiger partial charge in [0.1, 0.15) is 11.6 Å². The van der Waals surface area contributed by atoms with Gasteiger partial charge in [-0.1, -0.05) is 6.07 Å². The van der Waals surface area contributed by atoms with Crippen LogP contribution in [0.1, 0.15) is 23.7 Å². The number of rotatable bonds is 3. The zero-order chi connectivity index (χ0) is 14.8. The van der Waals surface area contributed by atoms with Crippen molar-refractivity contribution in [1.82, 2.24) is 9.97 Å². The van der Waals surface area contributed by atoms with Gasteiger partial charge < -0.3 is 10.1 Å². The zero-order valence-electron chi connectivity index (χ0n) is 12.2. The Kier molecular flexibility index (Phi) is 3.84. The smallest absolute Gasteiger partial charge is 0.162 e. The maximum atomic E-state index is 13.5. The molecule has 1 aromatic heterocycles. The molecule has 4 nitrogen and oxygen atoms in total. The molecule has 0 saturated heterocycles. The first-order valence-corrected chi connectivity index (χ1v) is 7.17. The summed E-state index contributed by atoms with van der Waals surface area (Å²) < 4.78 is 19.0. The Hall–Kier alpha value is -2.01. The molecule has 1 aromatic carbocycles. The summed E-state index contributed by atoms with van der Waals surface area (Å²) in [4.78, 5) is 9.21. The third kappa shape index (κ3) is 2.74. The van der Waals surface area contributed by atoms with Gasteiger partial charge in [-0.3, -0.25) is 0 Å². The first kappa shape index (κ1) is 13.9. The van der Waals surface area contributed by atoms with Gasteiger partial charge in [-0.25, -0.2) is 14.4 Å². The van der Waals surface area contributed by atoms with Crippen LogP contribution in [-0.2, 0) is 17.8 Å². The maximum Gasteiger partial charge on any atom is 0.162 e. The van der Waals surface area contributed by atoms with E-state index in [0.29, 0.717) is 19.0 Å². The number of hydrogen-bond donors (Lipinski definition) is 1. The third-order valence-electron chi connectivity index (χ3n) is 3.61. The molecule has 0 radical (unpaired) electrons. The Morgan fingerprint density at radius 3 is 3.00 bits per heavy atom. The molecule has 3 rings (SSSR count). The van der Waals surface area contributed by atoms with Crippen molar-refractivity contribution in [3.05, 3.63) is 40.8 Å². The average Bonchev–Trinajstić information content (AvgIpc) is 2.50. The number of hydrogen-bond acceptors (Lipinski definition) is 4. The molecule has 0 amide bonds. The van der Waals surface area contributed by atoms with Gasteiger partial charge in [0, 0.05) is 24.1 Å². The lowest BCUT2D eigenvalue weighted by atomic mass is 10.1. The number of nitrogens with one attached hydrogen (secondary N) is 1. The molecule has 0 spiro atoms. The predicted molar refractivity (Wildman–Crippen MR) is 79.7 cm³/mol. The maximum absolute atomic E-state index is 13.5. The van der Waals surface area contributed by atoms with E-state index in [4.69, 9.17) is 4.74 Å². The number of fused-ring (bicyclic) bond motifs is 1. The molecule has 0 unspecified atom stereocenters. The lowest BCUT2D eigenvalue weighted by molar-refractivity contribution is 0.109. The summed E-state index contributed by atoms with van der Waals surface area (Å²) in [6.07, 6.45) is 0.762. The molecule has 1 N–H and O–H groups in total. The van der Waals surface area contributed by atoms with Gasteiger partial charge in [-0.15, -0.1) is 0 Å². The summed E-state index contributed by atoms with van der Waals surface area (Å²) in [5.41, 5.74) is 3.71. The monoisotopic (exact) mass is 287 g/mol. The molecule has 0 fully saturated rings. The number of anilines is 1. The summed E-state index contributed by atoms with van der Waals surface area (Å²) in [5, 5.41) is 3.26. The van der Waals surface area contributed by atoms with Crippen LogP contribution < -0.4 is 5.32 Å². The fraction of sp³-hybridized carbons (Fsp3) is 0.375. The average molecular weight is 287 g/mol. The first-order chi connectivity index (χ1) is 10.2. The van der Waals surface area contributed by atoms with E-state index < -0.39 is 0 Å². The lowest BCUT2D eigenvalue weighted by Crippen LogP contribution is -2.17. The highest BCUT2D eigenvalue weighted by molar-refractivity contribution is 5.63. The molecule has 110 valence electrons. The number of nitrogens with zero attached hydrogens (tertiary/aromatic N) is 2. The van der Waals surface area contributed by atoms with Crippen LogP contribution in [0.25, 0.3) is 11.4 Å². The molecule has 5 heteroatoms. The summed E-state index contributed by atoms with van der Waals surface area (Å²) >= 11 is 0. The minimum Gasteiger partial charge on any atom is -0.376 e. The van der Waals surface area contributed by atoms with Gasteiger partial charge in [0.15, 0.2) is 5.82 Å². The third-order valence-corrected chi connectivity index (χ3v) is 3.61. The number of halogens is 1. The fourth-order valence-electron chi connectivity index (χ4n) is 2.50. The van der Waals surface area contributed by atoms with Gasteiger partial charge in [0.2, 0.25) is 0 Å². The van der Waals surface area contributed by atoms with Gasteiger partial charge >= 0.3 is 0 Å². The van der Waals surface area contributed by atoms with Crippen molar-refractivity contribution in [2.45, 2.75) is 26.9 Å². The second-order valence-electron chi connectivity index (χ2n) is 5.11. The molecule has 1 aliphatic rings. The van der Waals surface area contributed by atoms with Crippen LogP contribution in [0.4, 0.5) is 10.2 Å². The Balaban J connectivity index is 2.14. The van der Waals surface area contributed by atoms with E-state index in [0.717, 1.165) is 41.2 Å². The van der Waals surface area contributed by atoms with Gasteiger partial charge in [-0.05, 0) is 31.5 Å². The molecule has 2 aromatic rings. The topological polar surface area (TPSA) is 47.0 Å². The van der Waals surface area contributed by atoms with Crippen LogP contribution in [-0.4, -0.2) is 23.1 Å². The van der Waals surface area contributed by atoms with Gasteiger partial charge in [0.25, 0.3) is 0 Å². The second-order valence-corrected chi connectivity index (χ2v) is 5.11. The van der Waals surface area contributed by atoms with E-state index in [1.807, 2.05) is 13.8 Å². The highest BCUT2D eigenvalue weighted by Gasteiger charge is 2.19. The van der Waals surface area contributed by atoms with E-state index >= 15 is 0 Å². The van der Waals surface area contributed by atoms with Crippen molar-refractivity contribution in [3.63, 3.8) is 0 Å². The summed E-state index contributed by atoms with van der Waals surface area (Å²) in [7, 11) is 0. The lowest BCUT2D eigenvalue weighted by Gasteiger charge is -2.20. The quantitative estimate of drug-likeness (QED) is 0.942. The van der Waals surface area contributed by atoms with E-state index in [2.05, 4.69) is 15.3 Å². The molecule has 2 heterocycles. The van der Waals surface area contributed by atoms with E-state index in [1.165, 1.54) is 12.1 Å². The number of aromatic nitrogens is 2. The van der Waals surface area contributed by atoms with Crippen molar-refractivity contribution < 1.29 is 9.13 Å². The molecular weight excluding hydrogens is 269 g/mol. The Morgan fingerprint density at radius 2 is 2.19 bits per heavy atom. The van der Waals surface area contributed by atoms with Crippen LogP contribution in [0.15, 0.2) is 18.2 Å². The van der Waals surface area contributed by atoms with Gasteiger partial charge in [0.05, 0.1) is 18.9 Å². The summed E-state index contributed by atoms with van der Waals surface area (Å²) in [6.45, 7) is 5.92. The first-order valence-electron chi connectivity index (χ1n) is 7.17. The van der Waals surface area contributed by atoms with E-state index in [-0.39, 0.29) is 5.82 Å². The van der Waals surface area contributed by atoms with Crippen molar-refractivity contribution in [2.75, 3.05) is 18.5 Å². The largest absolute Gasteiger partial charge is 0.376 e. The fourth-order valence-corrected chi connectivity index (χ4v) is 2.50. The Bertz CT molecular complexity index is 673. The highest BCUT2D eigenvalue weighted by atomic mass is 19.1. The number of benzene rings is 1. The van der Waals surface area contributed by atoms with E-state index in [1.54, 1.807) is 6.07 Å². The predicted octanol–water partition coefficient (Wildman–Crippen LogP) is 3.10. The van der Waals surface area contributed by atoms with Crippen molar-refractivity contribution in [3.8, 4) is 11.4 Å². The molecule has 1 aliphatic heterocycles. The number of ether oxygens (including phenoxy) is 1. The summed E-state index contributed by atoms with van der Waals surface area (Å²) in [5.74, 6) is 1.09. The second kappa shape index (κ2) is 5.77. The zero-order valence-corrected chi connectivity index (χ0v) is 12.2. The Labute approximate surface area is 123 Å². The molecule has 0 bridgehead atoms. The van der Waals surface area contributed by atoms with Crippen LogP contribution in [0.2, 0.25) is 0 Å². The Morgan fingerprint density at radius 1 is 1.33 bits per heavy atom. The standard InChI is InChI=1S/C16H18FN3O/c1-3-18-15-13-9-21-7-6-14(13)19-16(20-15)12-8-11(17)5-4-10(12)2/h4-5,8H,3,6-7,9H2,1-2H3,(H,18,19,20). The van der Waals surface area contributed by atoms with Crippen LogP contribution >= 0.6 is 0 Å². The van der Waals surface area contributed by atoms with Crippen molar-refractivity contribution >= 4 is 5.82 Å². The van der Waals surface area contributed by atoms with Crippen molar-refractivity contribution in [2.24, 2.45) is 0 Å². The van der Waals surface area contributed by atoms with Crippen LogP contribution in [0.3, 0.4) is 0 Å². The normalized spacial score (nSPS) is 13.9. The molecule has 0 aliphatic carbocycles. The molecule has 21 heavy (non-hydrogen) atoms. The highest BCUT2D eigenvalue weighted by Crippen LogP contribution is 2.28. The number of aryl methyl sites for hydroxylation is 1. The van der Waals surface area contributed by atoms with Crippen LogP contribution in [0, 0.1) is 12.7 Å². The molecule has 0 atom stereocenters. The minimum absolute atomic E-state index is 0.273. The molecular formula is C16H18FN3O. The SMILES string of the molecule is CCNc1nc(-c2cc(F)ccc2C)nc2c1COCC2. The van der Waals surface area contributed by atoms with E-state index in [9.17, 15) is 4.39 Å². The minimum atomic E-state index is -0.273. The van der Waals surface area contributed by atoms with Gasteiger partial charge in [-0.2, -0.15) is 0 Å².